The van der Waals surface area contributed by atoms with E-state index >= 15 is 0 Å². The van der Waals surface area contributed by atoms with Gasteiger partial charge < -0.3 is 5.32 Å². The van der Waals surface area contributed by atoms with Crippen molar-refractivity contribution in [3.8, 4) is 0 Å². The fourth-order valence-electron chi connectivity index (χ4n) is 4.42. The first-order valence-electron chi connectivity index (χ1n) is 11.0. The maximum Gasteiger partial charge on any atom is 0.226 e. The maximum absolute atomic E-state index is 12.9. The molecular formula is C26H45NO. The van der Waals surface area contributed by atoms with E-state index in [9.17, 15) is 4.79 Å². The first kappa shape index (κ1) is 24.7. The topological polar surface area (TPSA) is 29.1 Å². The molecule has 1 amide bonds. The Hall–Kier alpha value is -1.31. The number of rotatable bonds is 9. The standard InChI is InChI=1S/C26H45NO/c1-12-23(4,5)20-13-15-21(16-14-20)25(8,9)18-26(10,11)27-22(28)24(6,7)17-19(2)3/h13-16,19H,12,17-18H2,1-11H3,(H,27,28). The van der Waals surface area contributed by atoms with Crippen molar-refractivity contribution in [3.05, 3.63) is 35.4 Å². The van der Waals surface area contributed by atoms with Crippen LogP contribution in [0.2, 0.25) is 0 Å². The zero-order chi connectivity index (χ0) is 22.0. The second-order valence-corrected chi connectivity index (χ2v) is 11.7. The van der Waals surface area contributed by atoms with Gasteiger partial charge in [0.2, 0.25) is 5.91 Å². The molecule has 1 aromatic rings. The van der Waals surface area contributed by atoms with Crippen LogP contribution in [0.15, 0.2) is 24.3 Å². The Morgan fingerprint density at radius 1 is 0.857 bits per heavy atom. The second-order valence-electron chi connectivity index (χ2n) is 11.7. The van der Waals surface area contributed by atoms with E-state index < -0.39 is 0 Å². The van der Waals surface area contributed by atoms with Gasteiger partial charge in [-0.15, -0.1) is 0 Å². The molecule has 0 saturated heterocycles. The Morgan fingerprint density at radius 2 is 1.29 bits per heavy atom. The van der Waals surface area contributed by atoms with Crippen molar-refractivity contribution in [2.24, 2.45) is 11.3 Å². The predicted octanol–water partition coefficient (Wildman–Crippen LogP) is 7.01. The molecule has 0 aliphatic heterocycles. The molecule has 0 bridgehead atoms. The van der Waals surface area contributed by atoms with Gasteiger partial charge in [-0.3, -0.25) is 4.79 Å². The minimum atomic E-state index is -0.344. The van der Waals surface area contributed by atoms with E-state index in [1.54, 1.807) is 0 Å². The van der Waals surface area contributed by atoms with E-state index in [1.807, 2.05) is 0 Å². The molecule has 0 aromatic heterocycles. The third-order valence-electron chi connectivity index (χ3n) is 6.20. The molecule has 1 rings (SSSR count). The Morgan fingerprint density at radius 3 is 1.68 bits per heavy atom. The van der Waals surface area contributed by atoms with Gasteiger partial charge in [-0.2, -0.15) is 0 Å². The van der Waals surface area contributed by atoms with Gasteiger partial charge in [-0.1, -0.05) is 86.6 Å². The highest BCUT2D eigenvalue weighted by molar-refractivity contribution is 5.82. The zero-order valence-corrected chi connectivity index (χ0v) is 20.4. The third kappa shape index (κ3) is 6.64. The van der Waals surface area contributed by atoms with Crippen molar-refractivity contribution in [2.75, 3.05) is 0 Å². The summed E-state index contributed by atoms with van der Waals surface area (Å²) in [5.41, 5.74) is 2.29. The summed E-state index contributed by atoms with van der Waals surface area (Å²) in [6, 6.07) is 9.09. The van der Waals surface area contributed by atoms with Crippen molar-refractivity contribution >= 4 is 5.91 Å². The van der Waals surface area contributed by atoms with Crippen LogP contribution >= 0.6 is 0 Å². The average Bonchev–Trinajstić information content (AvgIpc) is 2.52. The predicted molar refractivity (Wildman–Crippen MR) is 123 cm³/mol. The number of benzene rings is 1. The summed E-state index contributed by atoms with van der Waals surface area (Å²) in [6.45, 7) is 24.1. The Bertz CT molecular complexity index is 648. The average molecular weight is 388 g/mol. The van der Waals surface area contributed by atoms with Gasteiger partial charge in [0.15, 0.2) is 0 Å². The molecule has 2 heteroatoms. The van der Waals surface area contributed by atoms with E-state index in [0.717, 1.165) is 19.3 Å². The zero-order valence-electron chi connectivity index (χ0n) is 20.4. The third-order valence-corrected chi connectivity index (χ3v) is 6.20. The minimum absolute atomic E-state index is 0.0200. The first-order valence-corrected chi connectivity index (χ1v) is 11.0. The summed E-state index contributed by atoms with van der Waals surface area (Å²) in [5, 5.41) is 3.33. The van der Waals surface area contributed by atoms with E-state index in [2.05, 4.69) is 106 Å². The van der Waals surface area contributed by atoms with Gasteiger partial charge in [0.05, 0.1) is 0 Å². The van der Waals surface area contributed by atoms with Crippen LogP contribution in [0.4, 0.5) is 0 Å². The lowest BCUT2D eigenvalue weighted by Crippen LogP contribution is -2.51. The smallest absolute Gasteiger partial charge is 0.226 e. The van der Waals surface area contributed by atoms with Crippen LogP contribution in [0, 0.1) is 11.3 Å². The van der Waals surface area contributed by atoms with Gasteiger partial charge in [0.1, 0.15) is 0 Å². The molecular weight excluding hydrogens is 342 g/mol. The molecule has 0 unspecified atom stereocenters. The molecule has 0 atom stereocenters. The van der Waals surface area contributed by atoms with Crippen LogP contribution in [0.1, 0.15) is 107 Å². The van der Waals surface area contributed by atoms with Gasteiger partial charge in [0, 0.05) is 11.0 Å². The second kappa shape index (κ2) is 8.59. The van der Waals surface area contributed by atoms with Gasteiger partial charge in [0.25, 0.3) is 0 Å². The van der Waals surface area contributed by atoms with Crippen LogP contribution in [-0.4, -0.2) is 11.4 Å². The SMILES string of the molecule is CCC(C)(C)c1ccc(C(C)(C)CC(C)(C)NC(=O)C(C)(C)CC(C)C)cc1. The van der Waals surface area contributed by atoms with Crippen LogP contribution < -0.4 is 5.32 Å². The molecule has 1 aromatic carbocycles. The molecule has 0 spiro atoms. The molecule has 0 radical (unpaired) electrons. The lowest BCUT2D eigenvalue weighted by molar-refractivity contribution is -0.132. The van der Waals surface area contributed by atoms with Gasteiger partial charge >= 0.3 is 0 Å². The number of hydrogen-bond acceptors (Lipinski definition) is 1. The first-order chi connectivity index (χ1) is 12.5. The quantitative estimate of drug-likeness (QED) is 0.485. The molecule has 160 valence electrons. The molecule has 0 heterocycles. The van der Waals surface area contributed by atoms with Crippen molar-refractivity contribution in [2.45, 2.75) is 112 Å². The Balaban J connectivity index is 2.93. The van der Waals surface area contributed by atoms with Crippen molar-refractivity contribution in [1.82, 2.24) is 5.32 Å². The highest BCUT2D eigenvalue weighted by Gasteiger charge is 2.36. The van der Waals surface area contributed by atoms with Crippen molar-refractivity contribution in [1.29, 1.82) is 0 Å². The maximum atomic E-state index is 12.9. The summed E-state index contributed by atoms with van der Waals surface area (Å²) in [7, 11) is 0. The summed E-state index contributed by atoms with van der Waals surface area (Å²) in [5.74, 6) is 0.660. The minimum Gasteiger partial charge on any atom is -0.351 e. The molecule has 0 aliphatic rings. The van der Waals surface area contributed by atoms with Gasteiger partial charge in [-0.05, 0) is 61.0 Å². The van der Waals surface area contributed by atoms with Gasteiger partial charge in [-0.25, -0.2) is 0 Å². The largest absolute Gasteiger partial charge is 0.351 e. The molecule has 0 aliphatic carbocycles. The summed E-state index contributed by atoms with van der Waals surface area (Å²) in [6.07, 6.45) is 2.91. The number of nitrogens with one attached hydrogen (secondary N) is 1. The summed E-state index contributed by atoms with van der Waals surface area (Å²) in [4.78, 5) is 12.9. The number of hydrogen-bond donors (Lipinski definition) is 1. The normalized spacial score (nSPS) is 13.7. The van der Waals surface area contributed by atoms with E-state index in [0.29, 0.717) is 5.92 Å². The molecule has 1 N–H and O–H groups in total. The van der Waals surface area contributed by atoms with E-state index in [-0.39, 0.29) is 27.7 Å². The fourth-order valence-corrected chi connectivity index (χ4v) is 4.42. The fraction of sp³-hybridized carbons (Fsp3) is 0.731. The lowest BCUT2D eigenvalue weighted by Gasteiger charge is -2.38. The lowest BCUT2D eigenvalue weighted by atomic mass is 9.73. The molecule has 28 heavy (non-hydrogen) atoms. The molecule has 0 fully saturated rings. The van der Waals surface area contributed by atoms with E-state index in [4.69, 9.17) is 0 Å². The number of carbonyl (C=O) groups excluding carboxylic acids is 1. The van der Waals surface area contributed by atoms with Crippen LogP contribution in [0.25, 0.3) is 0 Å². The monoisotopic (exact) mass is 387 g/mol. The van der Waals surface area contributed by atoms with Crippen molar-refractivity contribution < 1.29 is 4.79 Å². The highest BCUT2D eigenvalue weighted by Crippen LogP contribution is 2.35. The number of carbonyl (C=O) groups is 1. The molecule has 2 nitrogen and oxygen atoms in total. The van der Waals surface area contributed by atoms with E-state index in [1.165, 1.54) is 11.1 Å². The molecule has 0 saturated carbocycles. The number of amides is 1. The Kier molecular flexibility index (Phi) is 7.59. The van der Waals surface area contributed by atoms with Crippen LogP contribution in [-0.2, 0) is 15.6 Å². The summed E-state index contributed by atoms with van der Waals surface area (Å²) >= 11 is 0. The summed E-state index contributed by atoms with van der Waals surface area (Å²) < 4.78 is 0. The Labute approximate surface area is 174 Å². The van der Waals surface area contributed by atoms with Crippen molar-refractivity contribution in [3.63, 3.8) is 0 Å². The van der Waals surface area contributed by atoms with Crippen LogP contribution in [0.3, 0.4) is 0 Å². The van der Waals surface area contributed by atoms with Crippen LogP contribution in [0.5, 0.6) is 0 Å². The highest BCUT2D eigenvalue weighted by atomic mass is 16.2.